The first-order valence-corrected chi connectivity index (χ1v) is 14.0. The molecule has 1 aliphatic heterocycles. The highest BCUT2D eigenvalue weighted by atomic mass is 79.9. The molecule has 6 heteroatoms. The van der Waals surface area contributed by atoms with Gasteiger partial charge in [-0.2, -0.15) is 0 Å². The van der Waals surface area contributed by atoms with Crippen LogP contribution < -0.4 is 10.2 Å². The summed E-state index contributed by atoms with van der Waals surface area (Å²) >= 11 is 2.94. The number of nitrogens with one attached hydrogen (secondary N) is 2. The van der Waals surface area contributed by atoms with Crippen molar-refractivity contribution in [2.24, 2.45) is 5.92 Å². The molecule has 0 amide bonds. The van der Waals surface area contributed by atoms with Crippen LogP contribution in [0.15, 0.2) is 91.0 Å². The molecular formula is C30H38BrN2O3+. The van der Waals surface area contributed by atoms with Crippen LogP contribution in [-0.4, -0.2) is 42.3 Å². The lowest BCUT2D eigenvalue weighted by Gasteiger charge is -2.28. The summed E-state index contributed by atoms with van der Waals surface area (Å²) in [5.41, 5.74) is 2.39. The Morgan fingerprint density at radius 3 is 1.89 bits per heavy atom. The van der Waals surface area contributed by atoms with E-state index in [-0.39, 0.29) is 5.78 Å². The Morgan fingerprint density at radius 1 is 0.889 bits per heavy atom. The highest BCUT2D eigenvalue weighted by molar-refractivity contribution is 9.08. The Bertz CT molecular complexity index is 1010. The fraction of sp³-hybridized carbons (Fsp3) is 0.333. The summed E-state index contributed by atoms with van der Waals surface area (Å²) in [6.07, 6.45) is 3.86. The lowest BCUT2D eigenvalue weighted by Crippen LogP contribution is -3.13. The van der Waals surface area contributed by atoms with Crippen molar-refractivity contribution in [3.8, 4) is 0 Å². The summed E-state index contributed by atoms with van der Waals surface area (Å²) in [4.78, 5) is 24.7. The number of carboxylic acids is 1. The van der Waals surface area contributed by atoms with Crippen LogP contribution >= 0.6 is 15.9 Å². The Kier molecular flexibility index (Phi) is 13.5. The summed E-state index contributed by atoms with van der Waals surface area (Å²) in [6.45, 7) is 5.26. The van der Waals surface area contributed by atoms with Crippen molar-refractivity contribution in [3.63, 3.8) is 0 Å². The van der Waals surface area contributed by atoms with Gasteiger partial charge in [-0.1, -0.05) is 108 Å². The molecule has 1 heterocycles. The zero-order valence-corrected chi connectivity index (χ0v) is 22.8. The third kappa shape index (κ3) is 9.96. The molecule has 3 aromatic rings. The Balaban J connectivity index is 0.000000237. The van der Waals surface area contributed by atoms with Gasteiger partial charge in [0.1, 0.15) is 6.54 Å². The van der Waals surface area contributed by atoms with Gasteiger partial charge in [-0.05, 0) is 42.3 Å². The molecule has 0 radical (unpaired) electrons. The quantitative estimate of drug-likeness (QED) is 0.254. The molecule has 3 aromatic carbocycles. The number of quaternary nitrogens is 1. The van der Waals surface area contributed by atoms with Crippen LogP contribution in [0, 0.1) is 5.92 Å². The number of carbonyl (C=O) groups excluding carboxylic acids is 1. The molecule has 5 nitrogen and oxygen atoms in total. The maximum absolute atomic E-state index is 12.0. The van der Waals surface area contributed by atoms with E-state index in [0.717, 1.165) is 35.8 Å². The number of carboxylic acid groups (broad SMARTS) is 1. The molecule has 1 unspecified atom stereocenters. The van der Waals surface area contributed by atoms with E-state index >= 15 is 0 Å². The molecule has 4 rings (SSSR count). The number of aliphatic carboxylic acids is 1. The largest absolute Gasteiger partial charge is 0.479 e. The minimum atomic E-state index is -0.889. The third-order valence-electron chi connectivity index (χ3n) is 6.36. The van der Waals surface area contributed by atoms with Crippen LogP contribution in [0.1, 0.15) is 48.1 Å². The van der Waals surface area contributed by atoms with E-state index in [2.05, 4.69) is 28.2 Å². The minimum Gasteiger partial charge on any atom is -0.479 e. The molecule has 0 bridgehead atoms. The van der Waals surface area contributed by atoms with Crippen molar-refractivity contribution in [1.29, 1.82) is 0 Å². The van der Waals surface area contributed by atoms with Gasteiger partial charge >= 0.3 is 5.97 Å². The summed E-state index contributed by atoms with van der Waals surface area (Å²) < 4.78 is 0. The molecule has 1 aliphatic rings. The summed E-state index contributed by atoms with van der Waals surface area (Å²) in [6, 6.07) is 27.4. The van der Waals surface area contributed by atoms with Crippen LogP contribution in [-0.2, 0) is 4.79 Å². The fourth-order valence-electron chi connectivity index (χ4n) is 4.26. The summed E-state index contributed by atoms with van der Waals surface area (Å²) in [7, 11) is 0. The maximum atomic E-state index is 12.0. The van der Waals surface area contributed by atoms with Gasteiger partial charge in [0.15, 0.2) is 6.04 Å². The Morgan fingerprint density at radius 2 is 1.39 bits per heavy atom. The van der Waals surface area contributed by atoms with Gasteiger partial charge in [0.25, 0.3) is 0 Å². The molecule has 1 atom stereocenters. The number of ketones is 1. The van der Waals surface area contributed by atoms with Gasteiger partial charge in [-0.25, -0.2) is 4.79 Å². The van der Waals surface area contributed by atoms with Gasteiger partial charge in [0.05, 0.1) is 13.1 Å². The van der Waals surface area contributed by atoms with E-state index in [0.29, 0.717) is 6.54 Å². The van der Waals surface area contributed by atoms with E-state index < -0.39 is 12.0 Å². The first kappa shape index (κ1) is 29.3. The molecular weight excluding hydrogens is 516 g/mol. The number of halogens is 1. The van der Waals surface area contributed by atoms with E-state index in [4.69, 9.17) is 0 Å². The number of carbonyl (C=O) groups is 2. The van der Waals surface area contributed by atoms with Gasteiger partial charge in [0.2, 0.25) is 5.78 Å². The Labute approximate surface area is 223 Å². The van der Waals surface area contributed by atoms with Crippen LogP contribution in [0.4, 0.5) is 5.69 Å². The first-order valence-electron chi connectivity index (χ1n) is 12.5. The topological polar surface area (TPSA) is 70.8 Å². The molecule has 192 valence electrons. The third-order valence-corrected chi connectivity index (χ3v) is 6.36. The van der Waals surface area contributed by atoms with Gasteiger partial charge in [-0.3, -0.25) is 4.79 Å². The monoisotopic (exact) mass is 553 g/mol. The Hall–Kier alpha value is -2.96. The molecule has 3 N–H and O–H groups in total. The highest BCUT2D eigenvalue weighted by Crippen LogP contribution is 2.19. The number of rotatable bonds is 8. The lowest BCUT2D eigenvalue weighted by molar-refractivity contribution is -0.897. The van der Waals surface area contributed by atoms with E-state index in [1.165, 1.54) is 24.2 Å². The second-order valence-corrected chi connectivity index (χ2v) is 8.76. The molecule has 36 heavy (non-hydrogen) atoms. The van der Waals surface area contributed by atoms with E-state index in [9.17, 15) is 14.7 Å². The molecule has 1 saturated heterocycles. The smallest absolute Gasteiger partial charge is 0.330 e. The average Bonchev–Trinajstić information content (AvgIpc) is 2.95. The summed E-state index contributed by atoms with van der Waals surface area (Å²) in [5, 5.41) is 12.2. The van der Waals surface area contributed by atoms with Crippen molar-refractivity contribution < 1.29 is 19.6 Å². The normalized spacial score (nSPS) is 17.3. The predicted molar refractivity (Wildman–Crippen MR) is 151 cm³/mol. The minimum absolute atomic E-state index is 0.288. The SMILES string of the molecule is CBr.CCC1CC[NH+](CC(=O)c2ccccc2)CC1.O=C(O)C(Nc1ccccc1)c1ccccc1. The number of hydrogen-bond acceptors (Lipinski definition) is 3. The zero-order chi connectivity index (χ0) is 26.2. The molecule has 0 aromatic heterocycles. The lowest BCUT2D eigenvalue weighted by atomic mass is 9.94. The van der Waals surface area contributed by atoms with Crippen molar-refractivity contribution in [1.82, 2.24) is 0 Å². The molecule has 1 fully saturated rings. The van der Waals surface area contributed by atoms with Gasteiger partial charge in [0, 0.05) is 11.3 Å². The second kappa shape index (κ2) is 16.7. The van der Waals surface area contributed by atoms with Gasteiger partial charge < -0.3 is 15.3 Å². The van der Waals surface area contributed by atoms with Gasteiger partial charge in [-0.15, -0.1) is 0 Å². The van der Waals surface area contributed by atoms with Crippen LogP contribution in [0.3, 0.4) is 0 Å². The second-order valence-electron chi connectivity index (χ2n) is 8.76. The molecule has 0 aliphatic carbocycles. The summed E-state index contributed by atoms with van der Waals surface area (Å²) in [5.74, 6) is 2.11. The number of likely N-dealkylation sites (tertiary alicyclic amines) is 1. The zero-order valence-electron chi connectivity index (χ0n) is 21.2. The predicted octanol–water partition coefficient (Wildman–Crippen LogP) is 5.51. The van der Waals surface area contributed by atoms with Crippen molar-refractivity contribution in [3.05, 3.63) is 102 Å². The van der Waals surface area contributed by atoms with E-state index in [1.807, 2.05) is 84.7 Å². The standard InChI is InChI=1S/C15H21NO.C14H13NO2.CH3Br/c1-2-13-8-10-16(11-9-13)12-15(17)14-6-4-3-5-7-14;16-14(17)13(11-7-3-1-4-8-11)15-12-9-5-2-6-10-12;1-2/h3-7,13H,2,8-12H2,1H3;1-10,13,15H,(H,16,17);1H3/p+1. The fourth-order valence-corrected chi connectivity index (χ4v) is 4.26. The van der Waals surface area contributed by atoms with Crippen LogP contribution in [0.5, 0.6) is 0 Å². The first-order chi connectivity index (χ1) is 17.6. The molecule has 0 saturated carbocycles. The number of piperidine rings is 1. The number of hydrogen-bond donors (Lipinski definition) is 3. The highest BCUT2D eigenvalue weighted by Gasteiger charge is 2.23. The number of alkyl halides is 1. The van der Waals surface area contributed by atoms with Crippen molar-refractivity contribution in [2.45, 2.75) is 32.2 Å². The van der Waals surface area contributed by atoms with Crippen molar-refractivity contribution in [2.75, 3.05) is 30.8 Å². The van der Waals surface area contributed by atoms with Crippen LogP contribution in [0.25, 0.3) is 0 Å². The number of para-hydroxylation sites is 1. The number of benzene rings is 3. The van der Waals surface area contributed by atoms with E-state index in [1.54, 1.807) is 12.1 Å². The van der Waals surface area contributed by atoms with Crippen molar-refractivity contribution >= 4 is 33.4 Å². The average molecular weight is 555 g/mol. The number of anilines is 1. The van der Waals surface area contributed by atoms with Crippen LogP contribution in [0.2, 0.25) is 0 Å². The maximum Gasteiger partial charge on any atom is 0.330 e. The molecule has 0 spiro atoms. The number of Topliss-reactive ketones (excluding diaryl/α,β-unsaturated/α-hetero) is 1.